The van der Waals surface area contributed by atoms with Gasteiger partial charge in [0.05, 0.1) is 0 Å². The number of rotatable bonds is 46. The Bertz CT molecular complexity index is 1360. The first-order valence-corrected chi connectivity index (χ1v) is 26.4. The zero-order valence-corrected chi connectivity index (χ0v) is 42.0. The third-order valence-electron chi connectivity index (χ3n) is 10.7. The molecule has 0 aromatic heterocycles. The van der Waals surface area contributed by atoms with Crippen molar-refractivity contribution in [3.05, 3.63) is 109 Å². The fraction of sp³-hybridized carbons (Fsp3) is 0.644. The quantitative estimate of drug-likeness (QED) is 0.0262. The second kappa shape index (κ2) is 52.7. The Morgan fingerprint density at radius 1 is 0.323 bits per heavy atom. The molecule has 0 radical (unpaired) electrons. The number of carbonyl (C=O) groups is 3. The summed E-state index contributed by atoms with van der Waals surface area (Å²) in [6.07, 6.45) is 70.8. The molecule has 0 rings (SSSR count). The molecule has 0 N–H and O–H groups in total. The van der Waals surface area contributed by atoms with Gasteiger partial charge in [0, 0.05) is 19.3 Å². The van der Waals surface area contributed by atoms with E-state index in [0.29, 0.717) is 25.7 Å². The summed E-state index contributed by atoms with van der Waals surface area (Å²) in [5.74, 6) is -1.01. The molecule has 0 unspecified atom stereocenters. The molecule has 0 bridgehead atoms. The van der Waals surface area contributed by atoms with Gasteiger partial charge in [0.2, 0.25) is 0 Å². The maximum atomic E-state index is 12.8. The maximum absolute atomic E-state index is 12.8. The van der Waals surface area contributed by atoms with Crippen LogP contribution in [-0.2, 0) is 28.6 Å². The third kappa shape index (κ3) is 50.9. The minimum atomic E-state index is -0.820. The molecule has 0 aliphatic heterocycles. The van der Waals surface area contributed by atoms with E-state index in [-0.39, 0.29) is 37.5 Å². The largest absolute Gasteiger partial charge is 0.462 e. The Morgan fingerprint density at radius 3 is 0.985 bits per heavy atom. The first-order chi connectivity index (χ1) is 32.0. The molecule has 6 heteroatoms. The van der Waals surface area contributed by atoms with Crippen LogP contribution in [0.3, 0.4) is 0 Å². The van der Waals surface area contributed by atoms with Gasteiger partial charge in [0.1, 0.15) is 13.2 Å². The van der Waals surface area contributed by atoms with Crippen LogP contribution in [0.5, 0.6) is 0 Å². The van der Waals surface area contributed by atoms with Gasteiger partial charge in [-0.25, -0.2) is 0 Å². The summed E-state index contributed by atoms with van der Waals surface area (Å²) in [5, 5.41) is 0. The number of hydrogen-bond acceptors (Lipinski definition) is 6. The van der Waals surface area contributed by atoms with Crippen LogP contribution in [0.2, 0.25) is 0 Å². The van der Waals surface area contributed by atoms with Crippen LogP contribution in [-0.4, -0.2) is 37.2 Å². The molecule has 0 aliphatic carbocycles. The van der Waals surface area contributed by atoms with Crippen LogP contribution in [0, 0.1) is 0 Å². The molecule has 0 spiro atoms. The fourth-order valence-corrected chi connectivity index (χ4v) is 6.83. The molecule has 0 saturated carbocycles. The highest BCUT2D eigenvalue weighted by Crippen LogP contribution is 2.13. The van der Waals surface area contributed by atoms with Gasteiger partial charge in [-0.1, -0.05) is 194 Å². The maximum Gasteiger partial charge on any atom is 0.306 e. The summed E-state index contributed by atoms with van der Waals surface area (Å²) in [5.41, 5.74) is 0. The van der Waals surface area contributed by atoms with Gasteiger partial charge in [-0.15, -0.1) is 0 Å². The van der Waals surface area contributed by atoms with Gasteiger partial charge in [-0.3, -0.25) is 14.4 Å². The molecular formula is C59H96O6. The molecule has 0 fully saturated rings. The summed E-state index contributed by atoms with van der Waals surface area (Å²) in [4.78, 5) is 38.0. The number of ether oxygens (including phenoxy) is 3. The molecule has 65 heavy (non-hydrogen) atoms. The predicted octanol–water partition coefficient (Wildman–Crippen LogP) is 17.5. The lowest BCUT2D eigenvalue weighted by Gasteiger charge is -2.18. The standard InChI is InChI=1S/C59H96O6/c1-4-7-10-13-16-19-22-25-28-29-32-34-37-40-43-46-49-52-58(61)64-55-56(65-59(62)53-50-47-44-41-38-35-31-27-24-21-18-15-12-9-6-3)54-63-57(60)51-48-45-42-39-36-33-30-26-23-20-17-14-11-8-5-2/h8-9,11-12,17-18,20-21,25-28,30-31,36,38-39,41,56H,4-7,10,13-16,19,22-24,29,32-35,37,40,42-55H2,1-3H3/b11-8-,12-9-,20-17-,21-18-,28-25-,30-26-,31-27-,39-36-,41-38-/t56-/m1/s1. The third-order valence-corrected chi connectivity index (χ3v) is 10.7. The highest BCUT2D eigenvalue weighted by Gasteiger charge is 2.19. The molecule has 0 saturated heterocycles. The molecular weight excluding hydrogens is 805 g/mol. The van der Waals surface area contributed by atoms with Gasteiger partial charge in [-0.2, -0.15) is 0 Å². The lowest BCUT2D eigenvalue weighted by atomic mass is 10.1. The van der Waals surface area contributed by atoms with Gasteiger partial charge in [0.15, 0.2) is 6.10 Å². The van der Waals surface area contributed by atoms with Crippen LogP contribution < -0.4 is 0 Å². The molecule has 1 atom stereocenters. The monoisotopic (exact) mass is 901 g/mol. The van der Waals surface area contributed by atoms with Crippen LogP contribution in [0.15, 0.2) is 109 Å². The van der Waals surface area contributed by atoms with Crippen molar-refractivity contribution in [1.82, 2.24) is 0 Å². The van der Waals surface area contributed by atoms with E-state index < -0.39 is 6.10 Å². The Labute approximate surface area is 400 Å². The topological polar surface area (TPSA) is 78.9 Å². The van der Waals surface area contributed by atoms with E-state index in [1.54, 1.807) is 0 Å². The summed E-state index contributed by atoms with van der Waals surface area (Å²) in [6, 6.07) is 0. The predicted molar refractivity (Wildman–Crippen MR) is 279 cm³/mol. The van der Waals surface area contributed by atoms with Crippen molar-refractivity contribution in [3.63, 3.8) is 0 Å². The zero-order valence-electron chi connectivity index (χ0n) is 42.0. The van der Waals surface area contributed by atoms with Crippen molar-refractivity contribution in [1.29, 1.82) is 0 Å². The summed E-state index contributed by atoms with van der Waals surface area (Å²) in [7, 11) is 0. The van der Waals surface area contributed by atoms with E-state index in [2.05, 4.69) is 130 Å². The van der Waals surface area contributed by atoms with Gasteiger partial charge in [-0.05, 0) is 122 Å². The van der Waals surface area contributed by atoms with E-state index in [9.17, 15) is 14.4 Å². The number of esters is 3. The lowest BCUT2D eigenvalue weighted by molar-refractivity contribution is -0.167. The normalized spacial score (nSPS) is 13.0. The van der Waals surface area contributed by atoms with E-state index in [4.69, 9.17) is 14.2 Å². The summed E-state index contributed by atoms with van der Waals surface area (Å²) < 4.78 is 16.7. The molecule has 368 valence electrons. The van der Waals surface area contributed by atoms with Crippen molar-refractivity contribution in [3.8, 4) is 0 Å². The molecule has 0 heterocycles. The smallest absolute Gasteiger partial charge is 0.306 e. The molecule has 0 aromatic rings. The zero-order chi connectivity index (χ0) is 47.2. The Balaban J connectivity index is 4.52. The van der Waals surface area contributed by atoms with Crippen LogP contribution in [0.1, 0.15) is 226 Å². The number of allylic oxidation sites excluding steroid dienone is 18. The molecule has 0 amide bonds. The summed E-state index contributed by atoms with van der Waals surface area (Å²) >= 11 is 0. The Kier molecular flexibility index (Phi) is 49.5. The van der Waals surface area contributed by atoms with E-state index in [1.165, 1.54) is 77.0 Å². The van der Waals surface area contributed by atoms with E-state index in [1.807, 2.05) is 0 Å². The minimum absolute atomic E-state index is 0.112. The van der Waals surface area contributed by atoms with Crippen molar-refractivity contribution in [2.45, 2.75) is 232 Å². The number of hydrogen-bond donors (Lipinski definition) is 0. The van der Waals surface area contributed by atoms with Gasteiger partial charge >= 0.3 is 17.9 Å². The average molecular weight is 901 g/mol. The van der Waals surface area contributed by atoms with Crippen molar-refractivity contribution in [2.24, 2.45) is 0 Å². The van der Waals surface area contributed by atoms with Crippen LogP contribution in [0.25, 0.3) is 0 Å². The summed E-state index contributed by atoms with van der Waals surface area (Å²) in [6.45, 7) is 6.32. The molecule has 0 aliphatic rings. The first-order valence-electron chi connectivity index (χ1n) is 26.4. The SMILES string of the molecule is CC/C=C\C/C=C\C/C=C\C/C=C\CCCCC(=O)OC[C@H](COC(=O)CCCCCCCCC/C=C\CCCCCCCC)OC(=O)CCCC/C=C\C/C=C\C/C=C\C/C=C\CC. The average Bonchev–Trinajstić information content (AvgIpc) is 3.30. The highest BCUT2D eigenvalue weighted by atomic mass is 16.6. The van der Waals surface area contributed by atoms with Crippen molar-refractivity contribution < 1.29 is 28.6 Å². The molecule has 6 nitrogen and oxygen atoms in total. The highest BCUT2D eigenvalue weighted by molar-refractivity contribution is 5.71. The van der Waals surface area contributed by atoms with Crippen LogP contribution >= 0.6 is 0 Å². The van der Waals surface area contributed by atoms with E-state index in [0.717, 1.165) is 96.3 Å². The first kappa shape index (κ1) is 61.1. The van der Waals surface area contributed by atoms with Gasteiger partial charge in [0.25, 0.3) is 0 Å². The number of carbonyl (C=O) groups excluding carboxylic acids is 3. The molecule has 0 aromatic carbocycles. The van der Waals surface area contributed by atoms with E-state index >= 15 is 0 Å². The Hall–Kier alpha value is -3.93. The van der Waals surface area contributed by atoms with Crippen LogP contribution in [0.4, 0.5) is 0 Å². The second-order valence-electron chi connectivity index (χ2n) is 17.0. The number of unbranched alkanes of at least 4 members (excludes halogenated alkanes) is 17. The van der Waals surface area contributed by atoms with Crippen molar-refractivity contribution in [2.75, 3.05) is 13.2 Å². The lowest BCUT2D eigenvalue weighted by Crippen LogP contribution is -2.30. The van der Waals surface area contributed by atoms with Gasteiger partial charge < -0.3 is 14.2 Å². The Morgan fingerprint density at radius 2 is 0.600 bits per heavy atom. The minimum Gasteiger partial charge on any atom is -0.462 e. The fourth-order valence-electron chi connectivity index (χ4n) is 6.83. The van der Waals surface area contributed by atoms with Crippen molar-refractivity contribution >= 4 is 17.9 Å². The second-order valence-corrected chi connectivity index (χ2v) is 17.0.